The number of methoxy groups -OCH3 is 1. The van der Waals surface area contributed by atoms with Crippen LogP contribution in [0.1, 0.15) is 50.0 Å². The van der Waals surface area contributed by atoms with Crippen molar-refractivity contribution in [2.75, 3.05) is 20.3 Å². The predicted molar refractivity (Wildman–Crippen MR) is 82.3 cm³/mol. The third kappa shape index (κ3) is 4.50. The van der Waals surface area contributed by atoms with Gasteiger partial charge in [-0.15, -0.1) is 0 Å². The topological polar surface area (TPSA) is 41.5 Å². The highest BCUT2D eigenvalue weighted by atomic mass is 16.5. The molecule has 112 valence electrons. The van der Waals surface area contributed by atoms with Gasteiger partial charge >= 0.3 is 0 Å². The van der Waals surface area contributed by atoms with Crippen LogP contribution >= 0.6 is 0 Å². The minimum Gasteiger partial charge on any atom is -0.497 e. The highest BCUT2D eigenvalue weighted by molar-refractivity contribution is 5.32. The molecule has 0 unspecified atom stereocenters. The molecule has 0 bridgehead atoms. The third-order valence-electron chi connectivity index (χ3n) is 4.22. The quantitative estimate of drug-likeness (QED) is 0.682. The van der Waals surface area contributed by atoms with Gasteiger partial charge in [0.05, 0.1) is 7.11 Å². The van der Waals surface area contributed by atoms with Crippen molar-refractivity contribution in [1.29, 1.82) is 0 Å². The number of unbranched alkanes of at least 4 members (excludes halogenated alkanes) is 3. The van der Waals surface area contributed by atoms with Crippen LogP contribution < -0.4 is 10.1 Å². The maximum absolute atomic E-state index is 8.71. The predicted octanol–water partition coefficient (Wildman–Crippen LogP) is 3.08. The number of aliphatic hydroxyl groups excluding tert-OH is 1. The van der Waals surface area contributed by atoms with E-state index in [-0.39, 0.29) is 0 Å². The molecule has 3 nitrogen and oxygen atoms in total. The molecule has 1 fully saturated rings. The van der Waals surface area contributed by atoms with E-state index >= 15 is 0 Å². The Bertz CT molecular complexity index is 388. The van der Waals surface area contributed by atoms with E-state index in [1.54, 1.807) is 7.11 Å². The lowest BCUT2D eigenvalue weighted by molar-refractivity contribution is 0.277. The average molecular weight is 277 g/mol. The van der Waals surface area contributed by atoms with Crippen LogP contribution in [-0.4, -0.2) is 31.4 Å². The lowest BCUT2D eigenvalue weighted by Gasteiger charge is -2.36. The Morgan fingerprint density at radius 2 is 2.00 bits per heavy atom. The van der Waals surface area contributed by atoms with Crippen LogP contribution in [0, 0.1) is 0 Å². The highest BCUT2D eigenvalue weighted by Crippen LogP contribution is 2.37. The molecule has 0 amide bonds. The van der Waals surface area contributed by atoms with Crippen LogP contribution in [0.25, 0.3) is 0 Å². The van der Waals surface area contributed by atoms with Gasteiger partial charge in [-0.25, -0.2) is 0 Å². The molecule has 0 saturated heterocycles. The Hall–Kier alpha value is -1.06. The number of aliphatic hydroxyl groups is 1. The van der Waals surface area contributed by atoms with Gasteiger partial charge in [-0.2, -0.15) is 0 Å². The van der Waals surface area contributed by atoms with Crippen LogP contribution in [0.5, 0.6) is 5.75 Å². The smallest absolute Gasteiger partial charge is 0.119 e. The van der Waals surface area contributed by atoms with Crippen molar-refractivity contribution >= 4 is 0 Å². The first-order chi connectivity index (χ1) is 9.83. The number of hydrogen-bond donors (Lipinski definition) is 2. The van der Waals surface area contributed by atoms with E-state index in [1.165, 1.54) is 31.2 Å². The molecule has 1 aromatic rings. The Morgan fingerprint density at radius 3 is 2.75 bits per heavy atom. The van der Waals surface area contributed by atoms with Gasteiger partial charge in [-0.1, -0.05) is 25.0 Å². The molecule has 2 N–H and O–H groups in total. The molecule has 1 saturated carbocycles. The average Bonchev–Trinajstić information content (AvgIpc) is 2.44. The molecule has 20 heavy (non-hydrogen) atoms. The zero-order valence-corrected chi connectivity index (χ0v) is 12.5. The summed E-state index contributed by atoms with van der Waals surface area (Å²) in [6.07, 6.45) is 7.02. The molecule has 0 aromatic heterocycles. The largest absolute Gasteiger partial charge is 0.497 e. The van der Waals surface area contributed by atoms with E-state index in [9.17, 15) is 0 Å². The van der Waals surface area contributed by atoms with Crippen molar-refractivity contribution in [3.8, 4) is 5.75 Å². The van der Waals surface area contributed by atoms with Crippen LogP contribution in [0.3, 0.4) is 0 Å². The fourth-order valence-corrected chi connectivity index (χ4v) is 2.85. The molecule has 0 atom stereocenters. The molecule has 0 radical (unpaired) electrons. The maximum Gasteiger partial charge on any atom is 0.119 e. The fraction of sp³-hybridized carbons (Fsp3) is 0.647. The SMILES string of the molecule is COc1cccc(C2CC(NCCCCCCO)C2)c1. The monoisotopic (exact) mass is 277 g/mol. The molecule has 1 aliphatic rings. The molecule has 0 spiro atoms. The van der Waals surface area contributed by atoms with Crippen molar-refractivity contribution in [3.63, 3.8) is 0 Å². The second kappa shape index (κ2) is 8.28. The first-order valence-electron chi connectivity index (χ1n) is 7.81. The maximum atomic E-state index is 8.71. The zero-order chi connectivity index (χ0) is 14.2. The first-order valence-corrected chi connectivity index (χ1v) is 7.81. The molecule has 0 aliphatic heterocycles. The molecule has 1 aromatic carbocycles. The summed E-state index contributed by atoms with van der Waals surface area (Å²) in [6.45, 7) is 1.44. The van der Waals surface area contributed by atoms with Gasteiger partial charge in [0.15, 0.2) is 0 Å². The number of nitrogens with one attached hydrogen (secondary N) is 1. The van der Waals surface area contributed by atoms with Crippen molar-refractivity contribution in [1.82, 2.24) is 5.32 Å². The third-order valence-corrected chi connectivity index (χ3v) is 4.22. The van der Waals surface area contributed by atoms with E-state index in [4.69, 9.17) is 9.84 Å². The van der Waals surface area contributed by atoms with E-state index in [2.05, 4.69) is 23.5 Å². The lowest BCUT2D eigenvalue weighted by atomic mass is 9.76. The summed E-state index contributed by atoms with van der Waals surface area (Å²) in [5, 5.41) is 12.3. The first kappa shape index (κ1) is 15.3. The Balaban J connectivity index is 1.59. The number of rotatable bonds is 9. The van der Waals surface area contributed by atoms with Gasteiger partial charge in [0.25, 0.3) is 0 Å². The standard InChI is InChI=1S/C17H27NO2/c1-20-17-8-6-7-14(13-17)15-11-16(12-15)18-9-4-2-3-5-10-19/h6-8,13,15-16,18-19H,2-5,9-12H2,1H3. The van der Waals surface area contributed by atoms with Gasteiger partial charge in [-0.3, -0.25) is 0 Å². The summed E-state index contributed by atoms with van der Waals surface area (Å²) < 4.78 is 5.28. The minimum atomic E-state index is 0.332. The second-order valence-corrected chi connectivity index (χ2v) is 5.73. The molecular weight excluding hydrogens is 250 g/mol. The van der Waals surface area contributed by atoms with E-state index in [0.29, 0.717) is 18.6 Å². The number of ether oxygens (including phenoxy) is 1. The molecule has 1 aliphatic carbocycles. The summed E-state index contributed by atoms with van der Waals surface area (Å²) in [5.74, 6) is 1.65. The van der Waals surface area contributed by atoms with Gasteiger partial charge in [0.2, 0.25) is 0 Å². The van der Waals surface area contributed by atoms with Gasteiger partial charge in [-0.05, 0) is 55.8 Å². The minimum absolute atomic E-state index is 0.332. The van der Waals surface area contributed by atoms with Crippen molar-refractivity contribution in [2.24, 2.45) is 0 Å². The Labute approximate surface area is 122 Å². The van der Waals surface area contributed by atoms with Gasteiger partial charge in [0, 0.05) is 12.6 Å². The van der Waals surface area contributed by atoms with Crippen molar-refractivity contribution in [2.45, 2.75) is 50.5 Å². The van der Waals surface area contributed by atoms with Crippen LogP contribution in [0.15, 0.2) is 24.3 Å². The van der Waals surface area contributed by atoms with Crippen molar-refractivity contribution in [3.05, 3.63) is 29.8 Å². The normalized spacial score (nSPS) is 21.5. The Kier molecular flexibility index (Phi) is 6.34. The Morgan fingerprint density at radius 1 is 1.20 bits per heavy atom. The van der Waals surface area contributed by atoms with E-state index in [1.807, 2.05) is 6.07 Å². The highest BCUT2D eigenvalue weighted by Gasteiger charge is 2.29. The summed E-state index contributed by atoms with van der Waals surface area (Å²) in [5.41, 5.74) is 1.41. The number of benzene rings is 1. The molecule has 0 heterocycles. The van der Waals surface area contributed by atoms with E-state index in [0.717, 1.165) is 25.1 Å². The van der Waals surface area contributed by atoms with Crippen LogP contribution in [0.4, 0.5) is 0 Å². The lowest BCUT2D eigenvalue weighted by Crippen LogP contribution is -2.40. The molecule has 3 heteroatoms. The fourth-order valence-electron chi connectivity index (χ4n) is 2.85. The molecular formula is C17H27NO2. The summed E-state index contributed by atoms with van der Waals surface area (Å²) in [4.78, 5) is 0. The van der Waals surface area contributed by atoms with Gasteiger partial charge < -0.3 is 15.2 Å². The number of hydrogen-bond acceptors (Lipinski definition) is 3. The zero-order valence-electron chi connectivity index (χ0n) is 12.5. The summed E-state index contributed by atoms with van der Waals surface area (Å²) >= 11 is 0. The second-order valence-electron chi connectivity index (χ2n) is 5.73. The van der Waals surface area contributed by atoms with Crippen LogP contribution in [-0.2, 0) is 0 Å². The van der Waals surface area contributed by atoms with Crippen LogP contribution in [0.2, 0.25) is 0 Å². The van der Waals surface area contributed by atoms with Gasteiger partial charge in [0.1, 0.15) is 5.75 Å². The molecule has 2 rings (SSSR count). The van der Waals surface area contributed by atoms with E-state index < -0.39 is 0 Å². The van der Waals surface area contributed by atoms with Crippen molar-refractivity contribution < 1.29 is 9.84 Å². The summed E-state index contributed by atoms with van der Waals surface area (Å²) in [7, 11) is 1.72. The summed E-state index contributed by atoms with van der Waals surface area (Å²) in [6, 6.07) is 9.14.